The van der Waals surface area contributed by atoms with E-state index >= 15 is 0 Å². The van der Waals surface area contributed by atoms with Gasteiger partial charge in [0.1, 0.15) is 0 Å². The lowest BCUT2D eigenvalue weighted by atomic mass is 10.1. The molecule has 0 atom stereocenters. The van der Waals surface area contributed by atoms with Gasteiger partial charge in [-0.2, -0.15) is 0 Å². The van der Waals surface area contributed by atoms with E-state index in [2.05, 4.69) is 15.4 Å². The number of rotatable bonds is 6. The first-order chi connectivity index (χ1) is 11.1. The molecule has 1 aromatic rings. The number of benzene rings is 1. The third kappa shape index (κ3) is 6.78. The summed E-state index contributed by atoms with van der Waals surface area (Å²) in [6.07, 6.45) is 0. The fraction of sp³-hybridized carbons (Fsp3) is 0.471. The van der Waals surface area contributed by atoms with E-state index in [1.54, 1.807) is 36.2 Å². The lowest BCUT2D eigenvalue weighted by molar-refractivity contribution is -0.124. The maximum absolute atomic E-state index is 12.1. The van der Waals surface area contributed by atoms with Crippen LogP contribution in [-0.4, -0.2) is 55.5 Å². The van der Waals surface area contributed by atoms with E-state index in [1.165, 1.54) is 7.11 Å². The molecule has 7 nitrogen and oxygen atoms in total. The lowest BCUT2D eigenvalue weighted by Crippen LogP contribution is -2.46. The molecule has 0 radical (unpaired) electrons. The van der Waals surface area contributed by atoms with E-state index in [4.69, 9.17) is 0 Å². The predicted octanol–water partition coefficient (Wildman–Crippen LogP) is 1.26. The molecule has 0 heterocycles. The zero-order valence-electron chi connectivity index (χ0n) is 14.8. The molecule has 0 aliphatic rings. The fourth-order valence-corrected chi connectivity index (χ4v) is 2.07. The van der Waals surface area contributed by atoms with Crippen molar-refractivity contribution in [3.05, 3.63) is 29.8 Å². The Morgan fingerprint density at radius 2 is 1.67 bits per heavy atom. The topological polar surface area (TPSA) is 87.7 Å². The van der Waals surface area contributed by atoms with Crippen molar-refractivity contribution >= 4 is 23.5 Å². The molecule has 0 aromatic heterocycles. The van der Waals surface area contributed by atoms with Crippen LogP contribution in [0.25, 0.3) is 0 Å². The summed E-state index contributed by atoms with van der Waals surface area (Å²) in [6, 6.07) is 6.59. The highest BCUT2D eigenvalue weighted by Gasteiger charge is 2.17. The summed E-state index contributed by atoms with van der Waals surface area (Å²) < 4.78 is 4.69. The molecule has 0 bridgehead atoms. The standard InChI is InChI=1S/C17H25N3O4/c1-17(2,3)19-15(22)11-20(4)10-14(21)18-13-9-7-6-8-12(13)16(23)24-5/h6-9H,10-11H2,1-5H3,(H,18,21)(H,19,22). The van der Waals surface area contributed by atoms with E-state index < -0.39 is 5.97 Å². The van der Waals surface area contributed by atoms with Crippen LogP contribution in [0.2, 0.25) is 0 Å². The molecule has 1 aromatic carbocycles. The van der Waals surface area contributed by atoms with Crippen molar-refractivity contribution in [1.29, 1.82) is 0 Å². The Bertz CT molecular complexity index is 608. The highest BCUT2D eigenvalue weighted by molar-refractivity contribution is 6.01. The summed E-state index contributed by atoms with van der Waals surface area (Å²) in [4.78, 5) is 37.2. The largest absolute Gasteiger partial charge is 0.465 e. The molecule has 0 unspecified atom stereocenters. The van der Waals surface area contributed by atoms with E-state index in [-0.39, 0.29) is 36.0 Å². The maximum Gasteiger partial charge on any atom is 0.339 e. The predicted molar refractivity (Wildman–Crippen MR) is 91.8 cm³/mol. The van der Waals surface area contributed by atoms with Gasteiger partial charge >= 0.3 is 5.97 Å². The Morgan fingerprint density at radius 3 is 2.25 bits per heavy atom. The summed E-state index contributed by atoms with van der Waals surface area (Å²) in [7, 11) is 2.95. The quantitative estimate of drug-likeness (QED) is 0.764. The van der Waals surface area contributed by atoms with Gasteiger partial charge < -0.3 is 15.4 Å². The van der Waals surface area contributed by atoms with Gasteiger partial charge in [-0.1, -0.05) is 12.1 Å². The molecule has 7 heteroatoms. The van der Waals surface area contributed by atoms with Crippen LogP contribution in [-0.2, 0) is 14.3 Å². The van der Waals surface area contributed by atoms with Crippen molar-refractivity contribution in [2.24, 2.45) is 0 Å². The highest BCUT2D eigenvalue weighted by Crippen LogP contribution is 2.15. The van der Waals surface area contributed by atoms with Gasteiger partial charge in [0.05, 0.1) is 31.5 Å². The Hall–Kier alpha value is -2.41. The Morgan fingerprint density at radius 1 is 1.08 bits per heavy atom. The van der Waals surface area contributed by atoms with Crippen LogP contribution in [0.4, 0.5) is 5.69 Å². The molecular formula is C17H25N3O4. The second-order valence-corrected chi connectivity index (χ2v) is 6.56. The van der Waals surface area contributed by atoms with Crippen molar-refractivity contribution in [3.63, 3.8) is 0 Å². The molecule has 24 heavy (non-hydrogen) atoms. The Balaban J connectivity index is 2.61. The number of carbonyl (C=O) groups is 3. The molecule has 1 rings (SSSR count). The average molecular weight is 335 g/mol. The molecule has 2 amide bonds. The van der Waals surface area contributed by atoms with Gasteiger partial charge in [0.25, 0.3) is 0 Å². The number of nitrogens with zero attached hydrogens (tertiary/aromatic N) is 1. The van der Waals surface area contributed by atoms with Gasteiger partial charge in [0, 0.05) is 5.54 Å². The molecular weight excluding hydrogens is 310 g/mol. The number of esters is 1. The molecule has 0 aliphatic carbocycles. The maximum atomic E-state index is 12.1. The number of anilines is 1. The number of carbonyl (C=O) groups excluding carboxylic acids is 3. The van der Waals surface area contributed by atoms with Crippen molar-refractivity contribution in [1.82, 2.24) is 10.2 Å². The second kappa shape index (κ2) is 8.44. The van der Waals surface area contributed by atoms with Crippen molar-refractivity contribution in [2.45, 2.75) is 26.3 Å². The number of nitrogens with one attached hydrogen (secondary N) is 2. The van der Waals surface area contributed by atoms with Crippen LogP contribution in [0.15, 0.2) is 24.3 Å². The number of amides is 2. The lowest BCUT2D eigenvalue weighted by Gasteiger charge is -2.23. The van der Waals surface area contributed by atoms with E-state index in [9.17, 15) is 14.4 Å². The number of hydrogen-bond acceptors (Lipinski definition) is 5. The summed E-state index contributed by atoms with van der Waals surface area (Å²) in [5.74, 6) is -1.01. The number of methoxy groups -OCH3 is 1. The van der Waals surface area contributed by atoms with Crippen LogP contribution in [0.5, 0.6) is 0 Å². The zero-order valence-corrected chi connectivity index (χ0v) is 14.8. The minimum Gasteiger partial charge on any atom is -0.465 e. The van der Waals surface area contributed by atoms with Gasteiger partial charge in [-0.3, -0.25) is 14.5 Å². The van der Waals surface area contributed by atoms with Gasteiger partial charge in [0.15, 0.2) is 0 Å². The van der Waals surface area contributed by atoms with Crippen LogP contribution in [0.3, 0.4) is 0 Å². The smallest absolute Gasteiger partial charge is 0.339 e. The summed E-state index contributed by atoms with van der Waals surface area (Å²) in [5.41, 5.74) is 0.336. The number of hydrogen-bond donors (Lipinski definition) is 2. The average Bonchev–Trinajstić information content (AvgIpc) is 2.44. The SMILES string of the molecule is COC(=O)c1ccccc1NC(=O)CN(C)CC(=O)NC(C)(C)C. The van der Waals surface area contributed by atoms with E-state index in [0.29, 0.717) is 5.69 Å². The molecule has 0 spiro atoms. The van der Waals surface area contributed by atoms with Crippen molar-refractivity contribution < 1.29 is 19.1 Å². The summed E-state index contributed by atoms with van der Waals surface area (Å²) in [6.45, 7) is 5.79. The van der Waals surface area contributed by atoms with Crippen LogP contribution >= 0.6 is 0 Å². The number of ether oxygens (including phenoxy) is 1. The Kier molecular flexibility index (Phi) is 6.91. The molecule has 0 fully saturated rings. The molecule has 0 aliphatic heterocycles. The first-order valence-electron chi connectivity index (χ1n) is 7.59. The third-order valence-electron chi connectivity index (χ3n) is 2.95. The van der Waals surface area contributed by atoms with Crippen LogP contribution in [0.1, 0.15) is 31.1 Å². The minimum absolute atomic E-state index is 0.0209. The zero-order chi connectivity index (χ0) is 18.3. The van der Waals surface area contributed by atoms with Gasteiger partial charge in [0.2, 0.25) is 11.8 Å². The number of likely N-dealkylation sites (N-methyl/N-ethyl adjacent to an activating group) is 1. The van der Waals surface area contributed by atoms with Gasteiger partial charge in [-0.25, -0.2) is 4.79 Å². The monoisotopic (exact) mass is 335 g/mol. The molecule has 132 valence electrons. The highest BCUT2D eigenvalue weighted by atomic mass is 16.5. The molecule has 2 N–H and O–H groups in total. The summed E-state index contributed by atoms with van der Waals surface area (Å²) >= 11 is 0. The normalized spacial score (nSPS) is 11.1. The third-order valence-corrected chi connectivity index (χ3v) is 2.95. The van der Waals surface area contributed by atoms with Crippen molar-refractivity contribution in [3.8, 4) is 0 Å². The van der Waals surface area contributed by atoms with E-state index in [0.717, 1.165) is 0 Å². The Labute approximate surface area is 142 Å². The van der Waals surface area contributed by atoms with Crippen LogP contribution in [0, 0.1) is 0 Å². The molecule has 0 saturated heterocycles. The van der Waals surface area contributed by atoms with Crippen molar-refractivity contribution in [2.75, 3.05) is 32.6 Å². The van der Waals surface area contributed by atoms with E-state index in [1.807, 2.05) is 20.8 Å². The fourth-order valence-electron chi connectivity index (χ4n) is 2.07. The summed E-state index contributed by atoms with van der Waals surface area (Å²) in [5, 5.41) is 5.50. The first kappa shape index (κ1) is 19.6. The first-order valence-corrected chi connectivity index (χ1v) is 7.59. The molecule has 0 saturated carbocycles. The second-order valence-electron chi connectivity index (χ2n) is 6.56. The minimum atomic E-state index is -0.524. The van der Waals surface area contributed by atoms with Crippen LogP contribution < -0.4 is 10.6 Å². The van der Waals surface area contributed by atoms with Gasteiger partial charge in [-0.05, 0) is 40.0 Å². The van der Waals surface area contributed by atoms with Gasteiger partial charge in [-0.15, -0.1) is 0 Å². The number of para-hydroxylation sites is 1.